The normalized spacial score (nSPS) is 36.6. The smallest absolute Gasteiger partial charge is 0.196 e. The van der Waals surface area contributed by atoms with Gasteiger partial charge in [0.05, 0.1) is 32.2 Å². The number of allylic oxidation sites excluding steroid dienone is 2. The Balaban J connectivity index is 0.000000127. The number of carbonyl (C=O) groups is 1. The number of carbonyl (C=O) groups excluding carboxylic acids is 1. The molecule has 2 fully saturated rings. The van der Waals surface area contributed by atoms with E-state index < -0.39 is 17.1 Å². The van der Waals surface area contributed by atoms with Crippen LogP contribution < -0.4 is 18.9 Å². The van der Waals surface area contributed by atoms with Crippen LogP contribution in [0.4, 0.5) is 0 Å². The molecule has 10 rings (SSSR count). The van der Waals surface area contributed by atoms with Gasteiger partial charge in [0.1, 0.15) is 11.4 Å². The minimum absolute atomic E-state index is 0.0430. The molecular weight excluding hydrogens is 584 g/mol. The van der Waals surface area contributed by atoms with Crippen molar-refractivity contribution in [3.63, 3.8) is 0 Å². The minimum Gasteiger partial charge on any atom is -0.497 e. The van der Waals surface area contributed by atoms with Crippen LogP contribution in [0.3, 0.4) is 0 Å². The molecule has 2 spiro atoms. The summed E-state index contributed by atoms with van der Waals surface area (Å²) in [4.78, 5) is 17.2. The number of likely N-dealkylation sites (tertiary alicyclic amines) is 2. The summed E-state index contributed by atoms with van der Waals surface area (Å²) in [6, 6.07) is 8.64. The van der Waals surface area contributed by atoms with Crippen LogP contribution >= 0.6 is 0 Å². The van der Waals surface area contributed by atoms with Crippen LogP contribution in [0.5, 0.6) is 23.0 Å². The van der Waals surface area contributed by atoms with Gasteiger partial charge in [-0.3, -0.25) is 14.6 Å². The molecule has 9 nitrogen and oxygen atoms in total. The van der Waals surface area contributed by atoms with E-state index in [1.165, 1.54) is 22.8 Å². The van der Waals surface area contributed by atoms with Gasteiger partial charge in [-0.2, -0.15) is 0 Å². The lowest BCUT2D eigenvalue weighted by molar-refractivity contribution is -0.151. The van der Waals surface area contributed by atoms with Gasteiger partial charge in [0.2, 0.25) is 0 Å². The molecule has 4 aliphatic heterocycles. The first kappa shape index (κ1) is 28.4. The van der Waals surface area contributed by atoms with Crippen LogP contribution in [0.1, 0.15) is 35.1 Å². The molecule has 9 heteroatoms. The fourth-order valence-corrected chi connectivity index (χ4v) is 10.4. The zero-order valence-corrected chi connectivity index (χ0v) is 27.0. The number of rotatable bonds is 3. The van der Waals surface area contributed by atoms with Gasteiger partial charge in [0, 0.05) is 23.2 Å². The van der Waals surface area contributed by atoms with Crippen molar-refractivity contribution < 1.29 is 33.6 Å². The Kier molecular flexibility index (Phi) is 5.81. The van der Waals surface area contributed by atoms with Crippen LogP contribution in [0.25, 0.3) is 0 Å². The molecular formula is C37H40N2O7. The predicted octanol–water partition coefficient (Wildman–Crippen LogP) is 3.25. The number of methoxy groups -OCH3 is 3. The second-order valence-corrected chi connectivity index (χ2v) is 14.1. The van der Waals surface area contributed by atoms with Crippen molar-refractivity contribution >= 4 is 5.78 Å². The van der Waals surface area contributed by atoms with E-state index in [1.807, 2.05) is 19.2 Å². The highest BCUT2D eigenvalue weighted by molar-refractivity contribution is 5.99. The Hall–Kier alpha value is -3.79. The third-order valence-corrected chi connectivity index (χ3v) is 12.5. The molecule has 0 saturated carbocycles. The maximum Gasteiger partial charge on any atom is 0.196 e. The van der Waals surface area contributed by atoms with Crippen molar-refractivity contribution in [2.24, 2.45) is 0 Å². The number of aliphatic hydroxyl groups is 1. The minimum atomic E-state index is -1.08. The average Bonchev–Trinajstić information content (AvgIpc) is 3.61. The first-order valence-electron chi connectivity index (χ1n) is 16.3. The summed E-state index contributed by atoms with van der Waals surface area (Å²) >= 11 is 0. The Morgan fingerprint density at radius 1 is 0.826 bits per heavy atom. The Labute approximate surface area is 269 Å². The topological polar surface area (TPSA) is 89.9 Å². The Morgan fingerprint density at radius 3 is 2.22 bits per heavy atom. The molecule has 2 aromatic rings. The molecule has 0 aromatic heterocycles. The summed E-state index contributed by atoms with van der Waals surface area (Å²) < 4.78 is 29.3. The van der Waals surface area contributed by atoms with Crippen LogP contribution in [0, 0.1) is 0 Å². The molecule has 8 aliphatic rings. The molecule has 3 unspecified atom stereocenters. The molecule has 2 saturated heterocycles. The summed E-state index contributed by atoms with van der Waals surface area (Å²) in [5.41, 5.74) is 4.54. The molecule has 4 aliphatic carbocycles. The molecule has 0 amide bonds. The maximum atomic E-state index is 12.6. The van der Waals surface area contributed by atoms with Crippen LogP contribution in [0.15, 0.2) is 59.9 Å². The highest BCUT2D eigenvalue weighted by Gasteiger charge is 2.71. The number of nitrogens with zero attached hydrogens (tertiary/aromatic N) is 2. The van der Waals surface area contributed by atoms with E-state index in [0.717, 1.165) is 60.7 Å². The average molecular weight is 625 g/mol. The summed E-state index contributed by atoms with van der Waals surface area (Å²) in [7, 11) is 9.33. The van der Waals surface area contributed by atoms with Crippen LogP contribution in [-0.4, -0.2) is 99.1 Å². The largest absolute Gasteiger partial charge is 0.497 e. The summed E-state index contributed by atoms with van der Waals surface area (Å²) in [5.74, 6) is 3.90. The lowest BCUT2D eigenvalue weighted by atomic mass is 9.51. The second kappa shape index (κ2) is 9.40. The van der Waals surface area contributed by atoms with Gasteiger partial charge >= 0.3 is 0 Å². The molecule has 4 heterocycles. The molecule has 240 valence electrons. The van der Waals surface area contributed by atoms with Crippen LogP contribution in [-0.2, 0) is 33.2 Å². The van der Waals surface area contributed by atoms with E-state index in [2.05, 4.69) is 41.1 Å². The molecule has 0 radical (unpaired) electrons. The quantitative estimate of drug-likeness (QED) is 0.553. The highest BCUT2D eigenvalue weighted by Crippen LogP contribution is 2.64. The van der Waals surface area contributed by atoms with Gasteiger partial charge in [-0.05, 0) is 99.9 Å². The monoisotopic (exact) mass is 624 g/mol. The number of piperidine rings is 2. The van der Waals surface area contributed by atoms with E-state index in [-0.39, 0.29) is 23.3 Å². The van der Waals surface area contributed by atoms with E-state index in [9.17, 15) is 9.90 Å². The van der Waals surface area contributed by atoms with E-state index in [4.69, 9.17) is 23.7 Å². The number of hydrogen-bond acceptors (Lipinski definition) is 9. The second-order valence-electron chi connectivity index (χ2n) is 14.1. The number of ketones is 1. The first-order valence-corrected chi connectivity index (χ1v) is 16.3. The van der Waals surface area contributed by atoms with Crippen LogP contribution in [0.2, 0.25) is 0 Å². The molecule has 2 aromatic carbocycles. The zero-order chi connectivity index (χ0) is 31.7. The fraction of sp³-hybridized carbons (Fsp3) is 0.486. The predicted molar refractivity (Wildman–Crippen MR) is 170 cm³/mol. The molecule has 46 heavy (non-hydrogen) atoms. The van der Waals surface area contributed by atoms with Gasteiger partial charge in [0.15, 0.2) is 41.0 Å². The van der Waals surface area contributed by atoms with Gasteiger partial charge in [-0.1, -0.05) is 18.2 Å². The standard InChI is InChI=1S/C19H21NO3.C18H19NO4/c1-20-9-8-19-12-5-7-15(22-3)18(19)23-17-14(21-2)6-4-11(16(17)19)10-13(12)20;1-19-8-7-17-14-10-3-4-12(22-2)15(14)23-16(17)11(20)5-6-18(17,21)13(19)9-10/h4-7,13,18H,8-10H2,1-3H3;3-6,13,16,21H,7-9H2,1-2H3/t13-,18?,19+;13-,16?,17+,18?/m11/s1. The summed E-state index contributed by atoms with van der Waals surface area (Å²) in [5, 5.41) is 11.7. The number of benzene rings is 2. The number of likely N-dealkylation sites (N-methyl/N-ethyl adjacent to an activating group) is 2. The Morgan fingerprint density at radius 2 is 1.50 bits per heavy atom. The van der Waals surface area contributed by atoms with Gasteiger partial charge < -0.3 is 28.8 Å². The first-order chi connectivity index (χ1) is 22.2. The van der Waals surface area contributed by atoms with Gasteiger partial charge in [0.25, 0.3) is 0 Å². The van der Waals surface area contributed by atoms with Crippen molar-refractivity contribution in [2.45, 2.75) is 66.4 Å². The van der Waals surface area contributed by atoms with Crippen molar-refractivity contribution in [3.05, 3.63) is 82.2 Å². The van der Waals surface area contributed by atoms with Gasteiger partial charge in [-0.25, -0.2) is 0 Å². The number of ether oxygens (including phenoxy) is 5. The van der Waals surface area contributed by atoms with E-state index >= 15 is 0 Å². The lowest BCUT2D eigenvalue weighted by Crippen LogP contribution is -2.74. The van der Waals surface area contributed by atoms with Gasteiger partial charge in [-0.15, -0.1) is 0 Å². The summed E-state index contributed by atoms with van der Waals surface area (Å²) in [6.07, 6.45) is 10.4. The molecule has 7 atom stereocenters. The lowest BCUT2D eigenvalue weighted by Gasteiger charge is -2.60. The molecule has 4 bridgehead atoms. The zero-order valence-electron chi connectivity index (χ0n) is 27.0. The maximum absolute atomic E-state index is 12.6. The highest BCUT2D eigenvalue weighted by atomic mass is 16.6. The molecule has 1 N–H and O–H groups in total. The SMILES string of the molecule is COC1=CC=C2[C@H]3Cc4ccc(OC)c5c4[C@@]2(CCN3C)C1O5.COc1ccc2c3c1OC1C(=O)C=CC4(O)[C@@H](C2)N(C)CC[C@]314. The van der Waals surface area contributed by atoms with Crippen molar-refractivity contribution in [2.75, 3.05) is 48.5 Å². The summed E-state index contributed by atoms with van der Waals surface area (Å²) in [6.45, 7) is 1.92. The fourth-order valence-electron chi connectivity index (χ4n) is 10.4. The van der Waals surface area contributed by atoms with E-state index in [1.54, 1.807) is 27.4 Å². The van der Waals surface area contributed by atoms with Crippen molar-refractivity contribution in [3.8, 4) is 23.0 Å². The third-order valence-electron chi connectivity index (χ3n) is 12.5. The third kappa shape index (κ3) is 3.14. The van der Waals surface area contributed by atoms with Crippen molar-refractivity contribution in [1.29, 1.82) is 0 Å². The van der Waals surface area contributed by atoms with Crippen molar-refractivity contribution in [1.82, 2.24) is 9.80 Å². The number of hydrogen-bond donors (Lipinski definition) is 1. The van der Waals surface area contributed by atoms with E-state index in [0.29, 0.717) is 24.0 Å². The Bertz CT molecular complexity index is 1800.